The number of carbonyl (C=O) groups excluding carboxylic acids is 1. The van der Waals surface area contributed by atoms with Crippen molar-refractivity contribution in [2.24, 2.45) is 0 Å². The number of likely N-dealkylation sites (N-methyl/N-ethyl adjacent to an activating group) is 1. The van der Waals surface area contributed by atoms with Crippen molar-refractivity contribution in [2.45, 2.75) is 26.7 Å². The highest BCUT2D eigenvalue weighted by molar-refractivity contribution is 5.82. The van der Waals surface area contributed by atoms with Crippen molar-refractivity contribution < 1.29 is 4.79 Å². The molecular weight excluding hydrogens is 242 g/mol. The number of hydrogen-bond acceptors (Lipinski definition) is 4. The molecule has 2 aromatic heterocycles. The van der Waals surface area contributed by atoms with E-state index in [-0.39, 0.29) is 12.5 Å². The SMILES string of the molecule is CCNC(=O)CNc1nccn2nc(C(C)C)cc12. The third kappa shape index (κ3) is 3.01. The Morgan fingerprint density at radius 3 is 2.95 bits per heavy atom. The Balaban J connectivity index is 2.20. The van der Waals surface area contributed by atoms with Gasteiger partial charge >= 0.3 is 0 Å². The van der Waals surface area contributed by atoms with Crippen LogP contribution in [0.15, 0.2) is 18.5 Å². The normalized spacial score (nSPS) is 10.9. The van der Waals surface area contributed by atoms with Crippen molar-refractivity contribution in [3.8, 4) is 0 Å². The van der Waals surface area contributed by atoms with Crippen LogP contribution in [-0.4, -0.2) is 33.6 Å². The van der Waals surface area contributed by atoms with Crippen LogP contribution in [0.1, 0.15) is 32.4 Å². The predicted octanol–water partition coefficient (Wildman–Crippen LogP) is 1.40. The third-order valence-corrected chi connectivity index (χ3v) is 2.79. The first-order valence-corrected chi connectivity index (χ1v) is 6.46. The Hall–Kier alpha value is -2.11. The molecular formula is C13H19N5O. The van der Waals surface area contributed by atoms with Crippen LogP contribution in [0.4, 0.5) is 5.82 Å². The number of anilines is 1. The first-order chi connectivity index (χ1) is 9.11. The van der Waals surface area contributed by atoms with E-state index < -0.39 is 0 Å². The molecule has 0 unspecified atom stereocenters. The predicted molar refractivity (Wildman–Crippen MR) is 74.2 cm³/mol. The second kappa shape index (κ2) is 5.69. The van der Waals surface area contributed by atoms with Crippen molar-refractivity contribution in [1.82, 2.24) is 19.9 Å². The van der Waals surface area contributed by atoms with Crippen LogP contribution in [-0.2, 0) is 4.79 Å². The molecule has 0 saturated heterocycles. The fourth-order valence-electron chi connectivity index (χ4n) is 1.78. The molecule has 0 fully saturated rings. The van der Waals surface area contributed by atoms with E-state index >= 15 is 0 Å². The maximum absolute atomic E-state index is 11.4. The fourth-order valence-corrected chi connectivity index (χ4v) is 1.78. The number of rotatable bonds is 5. The summed E-state index contributed by atoms with van der Waals surface area (Å²) < 4.78 is 1.78. The highest BCUT2D eigenvalue weighted by Gasteiger charge is 2.10. The van der Waals surface area contributed by atoms with Crippen LogP contribution in [0.2, 0.25) is 0 Å². The van der Waals surface area contributed by atoms with E-state index in [0.717, 1.165) is 11.2 Å². The molecule has 0 bridgehead atoms. The van der Waals surface area contributed by atoms with E-state index in [2.05, 4.69) is 34.6 Å². The maximum atomic E-state index is 11.4. The molecule has 0 aliphatic heterocycles. The largest absolute Gasteiger partial charge is 0.359 e. The van der Waals surface area contributed by atoms with Crippen LogP contribution >= 0.6 is 0 Å². The summed E-state index contributed by atoms with van der Waals surface area (Å²) in [4.78, 5) is 15.7. The van der Waals surface area contributed by atoms with Crippen LogP contribution < -0.4 is 10.6 Å². The molecule has 2 aromatic rings. The summed E-state index contributed by atoms with van der Waals surface area (Å²) in [6.07, 6.45) is 3.47. The number of hydrogen-bond donors (Lipinski definition) is 2. The minimum Gasteiger partial charge on any atom is -0.359 e. The van der Waals surface area contributed by atoms with E-state index in [4.69, 9.17) is 0 Å². The topological polar surface area (TPSA) is 71.3 Å². The summed E-state index contributed by atoms with van der Waals surface area (Å²) in [6.45, 7) is 6.92. The van der Waals surface area contributed by atoms with Crippen molar-refractivity contribution in [2.75, 3.05) is 18.4 Å². The molecule has 0 saturated carbocycles. The van der Waals surface area contributed by atoms with Crippen LogP contribution in [0, 0.1) is 0 Å². The smallest absolute Gasteiger partial charge is 0.239 e. The lowest BCUT2D eigenvalue weighted by atomic mass is 10.1. The summed E-state index contributed by atoms with van der Waals surface area (Å²) in [7, 11) is 0. The molecule has 0 spiro atoms. The second-order valence-electron chi connectivity index (χ2n) is 4.64. The number of amides is 1. The van der Waals surface area contributed by atoms with Gasteiger partial charge in [-0.2, -0.15) is 5.10 Å². The summed E-state index contributed by atoms with van der Waals surface area (Å²) >= 11 is 0. The third-order valence-electron chi connectivity index (χ3n) is 2.79. The Morgan fingerprint density at radius 1 is 1.47 bits per heavy atom. The van der Waals surface area contributed by atoms with Gasteiger partial charge in [0.15, 0.2) is 5.82 Å². The van der Waals surface area contributed by atoms with Gasteiger partial charge in [-0.1, -0.05) is 13.8 Å². The van der Waals surface area contributed by atoms with Gasteiger partial charge in [-0.3, -0.25) is 4.79 Å². The van der Waals surface area contributed by atoms with Gasteiger partial charge < -0.3 is 10.6 Å². The number of fused-ring (bicyclic) bond motifs is 1. The molecule has 6 nitrogen and oxygen atoms in total. The molecule has 2 rings (SSSR count). The molecule has 1 amide bonds. The summed E-state index contributed by atoms with van der Waals surface area (Å²) in [5, 5.41) is 10.2. The molecule has 0 radical (unpaired) electrons. The summed E-state index contributed by atoms with van der Waals surface area (Å²) in [6, 6.07) is 2.00. The lowest BCUT2D eigenvalue weighted by Gasteiger charge is -2.06. The van der Waals surface area contributed by atoms with Gasteiger partial charge in [0.05, 0.1) is 12.2 Å². The van der Waals surface area contributed by atoms with E-state index in [0.29, 0.717) is 18.3 Å². The van der Waals surface area contributed by atoms with Crippen LogP contribution in [0.25, 0.3) is 5.52 Å². The van der Waals surface area contributed by atoms with E-state index in [1.807, 2.05) is 13.0 Å². The first kappa shape index (κ1) is 13.3. The zero-order valence-corrected chi connectivity index (χ0v) is 11.5. The molecule has 19 heavy (non-hydrogen) atoms. The number of nitrogens with zero attached hydrogens (tertiary/aromatic N) is 3. The van der Waals surface area contributed by atoms with Gasteiger partial charge in [0.25, 0.3) is 0 Å². The minimum absolute atomic E-state index is 0.0464. The van der Waals surface area contributed by atoms with Crippen LogP contribution in [0.3, 0.4) is 0 Å². The Kier molecular flexibility index (Phi) is 3.99. The molecule has 0 aliphatic rings. The molecule has 102 valence electrons. The molecule has 6 heteroatoms. The number of nitrogens with one attached hydrogen (secondary N) is 2. The van der Waals surface area contributed by atoms with Gasteiger partial charge in [0.2, 0.25) is 5.91 Å². The molecule has 2 heterocycles. The van der Waals surface area contributed by atoms with Crippen LogP contribution in [0.5, 0.6) is 0 Å². The lowest BCUT2D eigenvalue weighted by Crippen LogP contribution is -2.29. The fraction of sp³-hybridized carbons (Fsp3) is 0.462. The second-order valence-corrected chi connectivity index (χ2v) is 4.64. The Bertz CT molecular complexity index is 575. The van der Waals surface area contributed by atoms with Crippen molar-refractivity contribution in [3.63, 3.8) is 0 Å². The molecule has 2 N–H and O–H groups in total. The van der Waals surface area contributed by atoms with Crippen molar-refractivity contribution in [3.05, 3.63) is 24.2 Å². The van der Waals surface area contributed by atoms with Gasteiger partial charge in [-0.05, 0) is 18.9 Å². The van der Waals surface area contributed by atoms with E-state index in [1.165, 1.54) is 0 Å². The van der Waals surface area contributed by atoms with Gasteiger partial charge in [-0.15, -0.1) is 0 Å². The average Bonchev–Trinajstić information content (AvgIpc) is 2.81. The van der Waals surface area contributed by atoms with Gasteiger partial charge in [0.1, 0.15) is 5.52 Å². The van der Waals surface area contributed by atoms with Crippen molar-refractivity contribution in [1.29, 1.82) is 0 Å². The van der Waals surface area contributed by atoms with Gasteiger partial charge in [-0.25, -0.2) is 9.50 Å². The van der Waals surface area contributed by atoms with Gasteiger partial charge in [0, 0.05) is 18.9 Å². The Labute approximate surface area is 112 Å². The lowest BCUT2D eigenvalue weighted by molar-refractivity contribution is -0.119. The zero-order chi connectivity index (χ0) is 13.8. The zero-order valence-electron chi connectivity index (χ0n) is 11.5. The minimum atomic E-state index is -0.0464. The van der Waals surface area contributed by atoms with Crippen molar-refractivity contribution >= 4 is 17.2 Å². The molecule has 0 aliphatic carbocycles. The highest BCUT2D eigenvalue weighted by Crippen LogP contribution is 2.19. The summed E-state index contributed by atoms with van der Waals surface area (Å²) in [5.74, 6) is 0.985. The number of aromatic nitrogens is 3. The average molecular weight is 261 g/mol. The summed E-state index contributed by atoms with van der Waals surface area (Å²) in [5.41, 5.74) is 1.89. The van der Waals surface area contributed by atoms with E-state index in [1.54, 1.807) is 16.9 Å². The first-order valence-electron chi connectivity index (χ1n) is 6.46. The monoisotopic (exact) mass is 261 g/mol. The number of carbonyl (C=O) groups is 1. The molecule has 0 aromatic carbocycles. The quantitative estimate of drug-likeness (QED) is 0.853. The molecule has 0 atom stereocenters. The van der Waals surface area contributed by atoms with E-state index in [9.17, 15) is 4.79 Å². The Morgan fingerprint density at radius 2 is 2.26 bits per heavy atom. The highest BCUT2D eigenvalue weighted by atomic mass is 16.1. The maximum Gasteiger partial charge on any atom is 0.239 e. The standard InChI is InChI=1S/C13H19N5O/c1-4-14-12(19)8-16-13-11-7-10(9(2)3)17-18(11)6-5-15-13/h5-7,9H,4,8H2,1-3H3,(H,14,19)(H,15,16).